The van der Waals surface area contributed by atoms with Crippen molar-refractivity contribution in [2.75, 3.05) is 13.1 Å². The zero-order valence-electron chi connectivity index (χ0n) is 19.5. The monoisotopic (exact) mass is 428 g/mol. The first-order valence-electron chi connectivity index (χ1n) is 11.7. The number of nitrogens with zero attached hydrogens (tertiary/aromatic N) is 3. The van der Waals surface area contributed by atoms with Crippen LogP contribution in [0.25, 0.3) is 22.2 Å². The highest BCUT2D eigenvalue weighted by atomic mass is 16.3. The van der Waals surface area contributed by atoms with Crippen molar-refractivity contribution < 1.29 is 4.42 Å². The van der Waals surface area contributed by atoms with Crippen LogP contribution >= 0.6 is 0 Å². The maximum absolute atomic E-state index is 5.43. The van der Waals surface area contributed by atoms with Crippen molar-refractivity contribution in [2.45, 2.75) is 58.9 Å². The molecule has 1 aromatic carbocycles. The number of benzene rings is 1. The van der Waals surface area contributed by atoms with E-state index in [4.69, 9.17) is 4.42 Å². The quantitative estimate of drug-likeness (QED) is 0.403. The van der Waals surface area contributed by atoms with E-state index in [0.29, 0.717) is 11.8 Å². The number of aromatic amines is 1. The molecule has 0 unspecified atom stereocenters. The summed E-state index contributed by atoms with van der Waals surface area (Å²) in [6.07, 6.45) is 7.71. The Kier molecular flexibility index (Phi) is 5.60. The largest absolute Gasteiger partial charge is 0.448 e. The highest BCUT2D eigenvalue weighted by molar-refractivity contribution is 5.92. The third-order valence-corrected chi connectivity index (χ3v) is 6.85. The fraction of sp³-hybridized carbons (Fsp3) is 0.407. The van der Waals surface area contributed by atoms with E-state index in [1.54, 1.807) is 12.5 Å². The zero-order valence-corrected chi connectivity index (χ0v) is 19.5. The molecule has 1 saturated heterocycles. The van der Waals surface area contributed by atoms with E-state index in [2.05, 4.69) is 71.8 Å². The summed E-state index contributed by atoms with van der Waals surface area (Å²) in [4.78, 5) is 14.9. The summed E-state index contributed by atoms with van der Waals surface area (Å²) in [7, 11) is 0. The predicted octanol–water partition coefficient (Wildman–Crippen LogP) is 6.34. The molecule has 1 aliphatic heterocycles. The van der Waals surface area contributed by atoms with Crippen LogP contribution in [0.4, 0.5) is 0 Å². The SMILES string of the molecule is Cc1cc(-c2[nH]c3ccc(C4CCN(Cc5ncco5)CC4)cc3c2C(C)C)c(C)cn1. The van der Waals surface area contributed by atoms with Gasteiger partial charge in [-0.05, 0) is 86.5 Å². The molecule has 166 valence electrons. The van der Waals surface area contributed by atoms with Crippen molar-refractivity contribution in [3.05, 3.63) is 71.2 Å². The maximum Gasteiger partial charge on any atom is 0.208 e. The van der Waals surface area contributed by atoms with Gasteiger partial charge < -0.3 is 9.40 Å². The molecule has 0 amide bonds. The van der Waals surface area contributed by atoms with Crippen LogP contribution in [-0.4, -0.2) is 32.9 Å². The number of piperidine rings is 1. The Morgan fingerprint density at radius 1 is 1.12 bits per heavy atom. The first kappa shape index (κ1) is 21.0. The van der Waals surface area contributed by atoms with Crippen LogP contribution in [0.2, 0.25) is 0 Å². The number of nitrogens with one attached hydrogen (secondary N) is 1. The van der Waals surface area contributed by atoms with Crippen molar-refractivity contribution in [1.29, 1.82) is 0 Å². The number of rotatable bonds is 5. The van der Waals surface area contributed by atoms with Gasteiger partial charge in [0.2, 0.25) is 5.89 Å². The molecule has 0 spiro atoms. The molecule has 32 heavy (non-hydrogen) atoms. The van der Waals surface area contributed by atoms with Crippen LogP contribution in [-0.2, 0) is 6.54 Å². The van der Waals surface area contributed by atoms with Crippen LogP contribution in [0.3, 0.4) is 0 Å². The van der Waals surface area contributed by atoms with Crippen molar-refractivity contribution >= 4 is 10.9 Å². The molecular weight excluding hydrogens is 396 g/mol. The minimum absolute atomic E-state index is 0.435. The Morgan fingerprint density at radius 3 is 2.66 bits per heavy atom. The molecule has 0 bridgehead atoms. The Balaban J connectivity index is 1.44. The van der Waals surface area contributed by atoms with Gasteiger partial charge in [-0.15, -0.1) is 0 Å². The fourth-order valence-electron chi connectivity index (χ4n) is 5.14. The molecule has 1 fully saturated rings. The van der Waals surface area contributed by atoms with Crippen LogP contribution in [0, 0.1) is 13.8 Å². The maximum atomic E-state index is 5.43. The smallest absolute Gasteiger partial charge is 0.208 e. The lowest BCUT2D eigenvalue weighted by Crippen LogP contribution is -2.32. The lowest BCUT2D eigenvalue weighted by Gasteiger charge is -2.31. The second kappa shape index (κ2) is 8.55. The van der Waals surface area contributed by atoms with Gasteiger partial charge in [0.1, 0.15) is 6.26 Å². The molecule has 3 aromatic heterocycles. The third-order valence-electron chi connectivity index (χ3n) is 6.85. The molecule has 0 atom stereocenters. The normalized spacial score (nSPS) is 15.8. The molecule has 5 heteroatoms. The summed E-state index contributed by atoms with van der Waals surface area (Å²) in [5.74, 6) is 1.85. The van der Waals surface area contributed by atoms with Crippen molar-refractivity contribution in [3.63, 3.8) is 0 Å². The molecule has 5 nitrogen and oxygen atoms in total. The fourth-order valence-corrected chi connectivity index (χ4v) is 5.14. The second-order valence-corrected chi connectivity index (χ2v) is 9.49. The van der Waals surface area contributed by atoms with Gasteiger partial charge >= 0.3 is 0 Å². The molecule has 0 saturated carbocycles. The summed E-state index contributed by atoms with van der Waals surface area (Å²) in [6, 6.07) is 9.26. The van der Waals surface area contributed by atoms with Gasteiger partial charge in [-0.1, -0.05) is 19.9 Å². The number of hydrogen-bond acceptors (Lipinski definition) is 4. The van der Waals surface area contributed by atoms with Gasteiger partial charge in [0.15, 0.2) is 0 Å². The Bertz CT molecular complexity index is 1210. The molecule has 1 aliphatic rings. The number of hydrogen-bond donors (Lipinski definition) is 1. The molecule has 4 heterocycles. The Hall–Kier alpha value is -2.92. The van der Waals surface area contributed by atoms with Crippen LogP contribution in [0.5, 0.6) is 0 Å². The first-order valence-corrected chi connectivity index (χ1v) is 11.7. The number of aryl methyl sites for hydroxylation is 2. The van der Waals surface area contributed by atoms with Gasteiger partial charge in [0.05, 0.1) is 18.4 Å². The Labute approximate surface area is 189 Å². The number of fused-ring (bicyclic) bond motifs is 1. The highest BCUT2D eigenvalue weighted by Crippen LogP contribution is 2.39. The van der Waals surface area contributed by atoms with Gasteiger partial charge in [0.25, 0.3) is 0 Å². The molecule has 0 aliphatic carbocycles. The van der Waals surface area contributed by atoms with E-state index >= 15 is 0 Å². The van der Waals surface area contributed by atoms with Crippen molar-refractivity contribution in [3.8, 4) is 11.3 Å². The van der Waals surface area contributed by atoms with E-state index in [-0.39, 0.29) is 0 Å². The number of likely N-dealkylation sites (tertiary alicyclic amines) is 1. The van der Waals surface area contributed by atoms with Crippen molar-refractivity contribution in [1.82, 2.24) is 19.9 Å². The topological polar surface area (TPSA) is 58.0 Å². The summed E-state index contributed by atoms with van der Waals surface area (Å²) in [6.45, 7) is 11.8. The zero-order chi connectivity index (χ0) is 22.2. The molecule has 4 aromatic rings. The average molecular weight is 429 g/mol. The van der Waals surface area contributed by atoms with Gasteiger partial charge in [0, 0.05) is 28.4 Å². The van der Waals surface area contributed by atoms with Crippen LogP contribution < -0.4 is 0 Å². The van der Waals surface area contributed by atoms with Crippen molar-refractivity contribution in [2.24, 2.45) is 0 Å². The number of H-pyrrole nitrogens is 1. The van der Waals surface area contributed by atoms with E-state index in [1.165, 1.54) is 51.7 Å². The number of pyridine rings is 1. The van der Waals surface area contributed by atoms with Gasteiger partial charge in [-0.25, -0.2) is 4.98 Å². The predicted molar refractivity (Wildman–Crippen MR) is 129 cm³/mol. The summed E-state index contributed by atoms with van der Waals surface area (Å²) >= 11 is 0. The molecular formula is C27H32N4O. The standard InChI is InChI=1S/C27H32N4O/c1-17(2)26-23-14-21(20-7-10-31(11-8-20)16-25-28-9-12-32-25)5-6-24(23)30-27(26)22-13-19(4)29-15-18(22)3/h5-6,9,12-15,17,20,30H,7-8,10-11,16H2,1-4H3. The highest BCUT2D eigenvalue weighted by Gasteiger charge is 2.23. The van der Waals surface area contributed by atoms with Crippen LogP contribution in [0.1, 0.15) is 66.8 Å². The van der Waals surface area contributed by atoms with E-state index in [1.807, 2.05) is 6.20 Å². The van der Waals surface area contributed by atoms with Gasteiger partial charge in [-0.2, -0.15) is 0 Å². The molecule has 5 rings (SSSR count). The lowest BCUT2D eigenvalue weighted by atomic mass is 9.87. The summed E-state index contributed by atoms with van der Waals surface area (Å²) < 4.78 is 5.43. The Morgan fingerprint density at radius 2 is 1.94 bits per heavy atom. The minimum atomic E-state index is 0.435. The first-order chi connectivity index (χ1) is 15.5. The molecule has 1 N–H and O–H groups in total. The summed E-state index contributed by atoms with van der Waals surface area (Å²) in [5, 5.41) is 1.36. The number of aromatic nitrogens is 3. The van der Waals surface area contributed by atoms with Gasteiger partial charge in [-0.3, -0.25) is 9.88 Å². The lowest BCUT2D eigenvalue weighted by molar-refractivity contribution is 0.187. The van der Waals surface area contributed by atoms with E-state index < -0.39 is 0 Å². The molecule has 0 radical (unpaired) electrons. The van der Waals surface area contributed by atoms with E-state index in [0.717, 1.165) is 31.2 Å². The number of oxazole rings is 1. The minimum Gasteiger partial charge on any atom is -0.448 e. The van der Waals surface area contributed by atoms with E-state index in [9.17, 15) is 0 Å². The summed E-state index contributed by atoms with van der Waals surface area (Å²) in [5.41, 5.74) is 8.87. The average Bonchev–Trinajstić information content (AvgIpc) is 3.43. The van der Waals surface area contributed by atoms with Crippen LogP contribution in [0.15, 0.2) is 47.3 Å². The third kappa shape index (κ3) is 3.97. The second-order valence-electron chi connectivity index (χ2n) is 9.49.